The molecule has 0 aliphatic carbocycles. The summed E-state index contributed by atoms with van der Waals surface area (Å²) in [6.45, 7) is 2.68. The van der Waals surface area contributed by atoms with Crippen LogP contribution in [0.3, 0.4) is 0 Å². The summed E-state index contributed by atoms with van der Waals surface area (Å²) >= 11 is 0. The zero-order valence-corrected chi connectivity index (χ0v) is 18.3. The number of fused-ring (bicyclic) bond motifs is 1. The maximum Gasteiger partial charge on any atom is 0.253 e. The van der Waals surface area contributed by atoms with Gasteiger partial charge in [0.2, 0.25) is 5.91 Å². The standard InChI is InChI=1S/C25H26FN5O2/c26-19-11-9-17(10-12-19)25(33)31-15-5-6-18(16-31)24(32)29-22-23(30-13-3-4-14-30)28-21-8-2-1-7-20(21)27-22/h1-2,7-12,18H,3-6,13-16H2,(H,27,29,32). The van der Waals surface area contributed by atoms with E-state index in [9.17, 15) is 14.0 Å². The van der Waals surface area contributed by atoms with Gasteiger partial charge in [-0.15, -0.1) is 0 Å². The number of carbonyl (C=O) groups excluding carboxylic acids is 2. The molecule has 1 aromatic heterocycles. The van der Waals surface area contributed by atoms with E-state index < -0.39 is 0 Å². The molecule has 170 valence electrons. The van der Waals surface area contributed by atoms with Crippen molar-refractivity contribution < 1.29 is 14.0 Å². The quantitative estimate of drug-likeness (QED) is 0.657. The van der Waals surface area contributed by atoms with Gasteiger partial charge in [-0.25, -0.2) is 14.4 Å². The number of carbonyl (C=O) groups is 2. The molecule has 2 saturated heterocycles. The van der Waals surface area contributed by atoms with Crippen molar-refractivity contribution in [3.05, 3.63) is 59.9 Å². The summed E-state index contributed by atoms with van der Waals surface area (Å²) in [6.07, 6.45) is 3.60. The molecule has 8 heteroatoms. The molecule has 3 heterocycles. The van der Waals surface area contributed by atoms with Crippen LogP contribution in [0, 0.1) is 11.7 Å². The number of rotatable bonds is 4. The highest BCUT2D eigenvalue weighted by Gasteiger charge is 2.30. The molecule has 2 fully saturated rings. The fourth-order valence-electron chi connectivity index (χ4n) is 4.59. The largest absolute Gasteiger partial charge is 0.354 e. The van der Waals surface area contributed by atoms with Crippen LogP contribution in [0.25, 0.3) is 11.0 Å². The highest BCUT2D eigenvalue weighted by molar-refractivity contribution is 5.97. The molecule has 0 saturated carbocycles. The predicted octanol–water partition coefficient (Wildman–Crippen LogP) is 3.86. The average Bonchev–Trinajstić information content (AvgIpc) is 3.38. The number of halogens is 1. The summed E-state index contributed by atoms with van der Waals surface area (Å²) in [7, 11) is 0. The Morgan fingerprint density at radius 2 is 1.61 bits per heavy atom. The van der Waals surface area contributed by atoms with Gasteiger partial charge in [-0.2, -0.15) is 0 Å². The molecule has 0 radical (unpaired) electrons. The Balaban J connectivity index is 1.35. The van der Waals surface area contributed by atoms with E-state index in [0.717, 1.165) is 43.4 Å². The number of nitrogens with zero attached hydrogens (tertiary/aromatic N) is 4. The van der Waals surface area contributed by atoms with Crippen LogP contribution in [0.5, 0.6) is 0 Å². The number of hydrogen-bond donors (Lipinski definition) is 1. The lowest BCUT2D eigenvalue weighted by Gasteiger charge is -2.32. The van der Waals surface area contributed by atoms with Gasteiger partial charge in [0.15, 0.2) is 11.6 Å². The number of anilines is 2. The van der Waals surface area contributed by atoms with E-state index in [1.54, 1.807) is 4.90 Å². The van der Waals surface area contributed by atoms with Crippen LogP contribution in [-0.4, -0.2) is 52.9 Å². The van der Waals surface area contributed by atoms with Gasteiger partial charge in [0.1, 0.15) is 5.82 Å². The molecule has 2 amide bonds. The summed E-state index contributed by atoms with van der Waals surface area (Å²) in [5.74, 6) is 0.111. The predicted molar refractivity (Wildman–Crippen MR) is 125 cm³/mol. The lowest BCUT2D eigenvalue weighted by molar-refractivity contribution is -0.121. The van der Waals surface area contributed by atoms with E-state index in [1.165, 1.54) is 24.3 Å². The summed E-state index contributed by atoms with van der Waals surface area (Å²) in [6, 6.07) is 13.2. The van der Waals surface area contributed by atoms with E-state index in [0.29, 0.717) is 36.7 Å². The topological polar surface area (TPSA) is 78.4 Å². The molecular formula is C25H26FN5O2. The molecular weight excluding hydrogens is 421 g/mol. The van der Waals surface area contributed by atoms with Crippen molar-refractivity contribution in [1.82, 2.24) is 14.9 Å². The summed E-state index contributed by atoms with van der Waals surface area (Å²) in [5.41, 5.74) is 1.95. The van der Waals surface area contributed by atoms with Crippen molar-refractivity contribution in [2.75, 3.05) is 36.4 Å². The first-order valence-corrected chi connectivity index (χ1v) is 11.5. The van der Waals surface area contributed by atoms with Crippen molar-refractivity contribution in [3.8, 4) is 0 Å². The molecule has 2 aliphatic heterocycles. The molecule has 5 rings (SSSR count). The second-order valence-electron chi connectivity index (χ2n) is 8.67. The first-order chi connectivity index (χ1) is 16.1. The number of amides is 2. The number of piperidine rings is 1. The minimum absolute atomic E-state index is 0.156. The van der Waals surface area contributed by atoms with Gasteiger partial charge in [-0.05, 0) is 62.1 Å². The van der Waals surface area contributed by atoms with Crippen LogP contribution in [-0.2, 0) is 4.79 Å². The SMILES string of the molecule is O=C(Nc1nc2ccccc2nc1N1CCCC1)C1CCCN(C(=O)c2ccc(F)cc2)C1. The zero-order valence-electron chi connectivity index (χ0n) is 18.3. The number of para-hydroxylation sites is 2. The molecule has 1 N–H and O–H groups in total. The minimum atomic E-state index is -0.382. The van der Waals surface area contributed by atoms with Gasteiger partial charge in [-0.3, -0.25) is 9.59 Å². The second kappa shape index (κ2) is 9.13. The monoisotopic (exact) mass is 447 g/mol. The summed E-state index contributed by atoms with van der Waals surface area (Å²) < 4.78 is 13.2. The third kappa shape index (κ3) is 4.51. The van der Waals surface area contributed by atoms with Crippen LogP contribution in [0.4, 0.5) is 16.0 Å². The highest BCUT2D eigenvalue weighted by atomic mass is 19.1. The van der Waals surface area contributed by atoms with Gasteiger partial charge in [0.05, 0.1) is 17.0 Å². The van der Waals surface area contributed by atoms with Gasteiger partial charge in [-0.1, -0.05) is 12.1 Å². The Kier molecular flexibility index (Phi) is 5.90. The van der Waals surface area contributed by atoms with Gasteiger partial charge < -0.3 is 15.1 Å². The Labute approximate surface area is 191 Å². The number of aromatic nitrogens is 2. The molecule has 0 bridgehead atoms. The van der Waals surface area contributed by atoms with Crippen molar-refractivity contribution >= 4 is 34.5 Å². The molecule has 2 aromatic carbocycles. The van der Waals surface area contributed by atoms with Crippen molar-refractivity contribution in [2.24, 2.45) is 5.92 Å². The smallest absolute Gasteiger partial charge is 0.253 e. The van der Waals surface area contributed by atoms with Crippen LogP contribution < -0.4 is 10.2 Å². The van der Waals surface area contributed by atoms with E-state index in [2.05, 4.69) is 10.2 Å². The maximum atomic E-state index is 13.2. The molecule has 1 atom stereocenters. The van der Waals surface area contributed by atoms with Gasteiger partial charge in [0, 0.05) is 31.7 Å². The van der Waals surface area contributed by atoms with E-state index in [1.807, 2.05) is 24.3 Å². The Hall–Kier alpha value is -3.55. The number of hydrogen-bond acceptors (Lipinski definition) is 5. The molecule has 0 spiro atoms. The van der Waals surface area contributed by atoms with E-state index in [4.69, 9.17) is 9.97 Å². The molecule has 1 unspecified atom stereocenters. The van der Waals surface area contributed by atoms with Crippen molar-refractivity contribution in [3.63, 3.8) is 0 Å². The third-order valence-electron chi connectivity index (χ3n) is 6.37. The maximum absolute atomic E-state index is 13.2. The number of nitrogens with one attached hydrogen (secondary N) is 1. The Morgan fingerprint density at radius 1 is 0.909 bits per heavy atom. The molecule has 33 heavy (non-hydrogen) atoms. The fraction of sp³-hybridized carbons (Fsp3) is 0.360. The van der Waals surface area contributed by atoms with E-state index in [-0.39, 0.29) is 23.5 Å². The molecule has 3 aromatic rings. The second-order valence-corrected chi connectivity index (χ2v) is 8.67. The van der Waals surface area contributed by atoms with Crippen LogP contribution in [0.2, 0.25) is 0 Å². The Bertz CT molecular complexity index is 1180. The first kappa shape index (κ1) is 21.3. The normalized spacial score (nSPS) is 18.5. The number of likely N-dealkylation sites (tertiary alicyclic amines) is 1. The van der Waals surface area contributed by atoms with Gasteiger partial charge in [0.25, 0.3) is 5.91 Å². The van der Waals surface area contributed by atoms with Crippen molar-refractivity contribution in [1.29, 1.82) is 0 Å². The average molecular weight is 448 g/mol. The minimum Gasteiger partial charge on any atom is -0.354 e. The fourth-order valence-corrected chi connectivity index (χ4v) is 4.59. The summed E-state index contributed by atoms with van der Waals surface area (Å²) in [5, 5.41) is 3.01. The lowest BCUT2D eigenvalue weighted by atomic mass is 9.96. The van der Waals surface area contributed by atoms with Crippen LogP contribution >= 0.6 is 0 Å². The Morgan fingerprint density at radius 3 is 2.33 bits per heavy atom. The van der Waals surface area contributed by atoms with Crippen LogP contribution in [0.1, 0.15) is 36.0 Å². The summed E-state index contributed by atoms with van der Waals surface area (Å²) in [4.78, 5) is 39.4. The highest BCUT2D eigenvalue weighted by Crippen LogP contribution is 2.29. The van der Waals surface area contributed by atoms with Gasteiger partial charge >= 0.3 is 0 Å². The molecule has 2 aliphatic rings. The molecule has 7 nitrogen and oxygen atoms in total. The first-order valence-electron chi connectivity index (χ1n) is 11.5. The lowest BCUT2D eigenvalue weighted by Crippen LogP contribution is -2.44. The van der Waals surface area contributed by atoms with Crippen molar-refractivity contribution in [2.45, 2.75) is 25.7 Å². The van der Waals surface area contributed by atoms with Crippen LogP contribution in [0.15, 0.2) is 48.5 Å². The number of benzene rings is 2. The van der Waals surface area contributed by atoms with E-state index >= 15 is 0 Å². The zero-order chi connectivity index (χ0) is 22.8. The third-order valence-corrected chi connectivity index (χ3v) is 6.37.